The minimum atomic E-state index is -0.709. The molecule has 0 radical (unpaired) electrons. The minimum Gasteiger partial charge on any atom is -0.507 e. The maximum Gasteiger partial charge on any atom is 0.295 e. The molecule has 29 heavy (non-hydrogen) atoms. The van der Waals surface area contributed by atoms with E-state index in [9.17, 15) is 14.7 Å². The third-order valence-corrected chi connectivity index (χ3v) is 5.69. The van der Waals surface area contributed by atoms with Crippen molar-refractivity contribution in [1.29, 1.82) is 0 Å². The Hall–Kier alpha value is -2.63. The Morgan fingerprint density at radius 3 is 2.62 bits per heavy atom. The molecule has 2 aromatic carbocycles. The molecule has 2 aliphatic rings. The average Bonchev–Trinajstić information content (AvgIpc) is 3.30. The van der Waals surface area contributed by atoms with Crippen molar-refractivity contribution in [3.8, 4) is 0 Å². The van der Waals surface area contributed by atoms with Crippen LogP contribution in [-0.4, -0.2) is 41.0 Å². The first-order valence-electron chi connectivity index (χ1n) is 9.68. The van der Waals surface area contributed by atoms with Crippen LogP contribution in [0.4, 0.5) is 0 Å². The Balaban J connectivity index is 1.83. The van der Waals surface area contributed by atoms with E-state index in [2.05, 4.69) is 0 Å². The van der Waals surface area contributed by atoms with Crippen molar-refractivity contribution in [2.75, 3.05) is 13.2 Å². The Morgan fingerprint density at radius 2 is 1.97 bits per heavy atom. The van der Waals surface area contributed by atoms with Crippen LogP contribution < -0.4 is 0 Å². The molecule has 2 saturated heterocycles. The quantitative estimate of drug-likeness (QED) is 0.464. The smallest absolute Gasteiger partial charge is 0.295 e. The first kappa shape index (κ1) is 19.7. The molecule has 1 amide bonds. The van der Waals surface area contributed by atoms with Gasteiger partial charge in [-0.3, -0.25) is 9.59 Å². The molecule has 2 aromatic rings. The molecule has 4 rings (SSSR count). The van der Waals surface area contributed by atoms with Crippen molar-refractivity contribution in [2.24, 2.45) is 0 Å². The summed E-state index contributed by atoms with van der Waals surface area (Å²) in [6.45, 7) is 2.89. The van der Waals surface area contributed by atoms with Crippen molar-refractivity contribution in [3.05, 3.63) is 75.8 Å². The SMILES string of the molecule is Cc1ccc(/C(O)=C2\C(=O)C(=O)N(CC3CCCO3)C2c2cccc(Cl)c2)cc1. The van der Waals surface area contributed by atoms with E-state index < -0.39 is 17.7 Å². The van der Waals surface area contributed by atoms with Crippen LogP contribution >= 0.6 is 11.6 Å². The molecule has 0 bridgehead atoms. The van der Waals surface area contributed by atoms with Crippen LogP contribution in [0.25, 0.3) is 5.76 Å². The number of nitrogens with zero attached hydrogens (tertiary/aromatic N) is 1. The molecule has 150 valence electrons. The Morgan fingerprint density at radius 1 is 1.21 bits per heavy atom. The number of carbonyl (C=O) groups is 2. The first-order chi connectivity index (χ1) is 14.0. The number of carbonyl (C=O) groups excluding carboxylic acids is 2. The van der Waals surface area contributed by atoms with Gasteiger partial charge in [0.15, 0.2) is 0 Å². The molecule has 2 atom stereocenters. The molecular weight excluding hydrogens is 390 g/mol. The van der Waals surface area contributed by atoms with Crippen LogP contribution in [-0.2, 0) is 14.3 Å². The predicted octanol–water partition coefficient (Wildman–Crippen LogP) is 4.25. The van der Waals surface area contributed by atoms with Crippen molar-refractivity contribution in [2.45, 2.75) is 31.9 Å². The topological polar surface area (TPSA) is 66.8 Å². The maximum absolute atomic E-state index is 13.0. The van der Waals surface area contributed by atoms with Gasteiger partial charge in [-0.2, -0.15) is 0 Å². The Labute approximate surface area is 174 Å². The summed E-state index contributed by atoms with van der Waals surface area (Å²) in [4.78, 5) is 27.4. The first-order valence-corrected chi connectivity index (χ1v) is 10.1. The monoisotopic (exact) mass is 411 g/mol. The molecule has 2 fully saturated rings. The largest absolute Gasteiger partial charge is 0.507 e. The number of hydrogen-bond acceptors (Lipinski definition) is 4. The summed E-state index contributed by atoms with van der Waals surface area (Å²) in [6, 6.07) is 13.5. The summed E-state index contributed by atoms with van der Waals surface area (Å²) in [6.07, 6.45) is 1.65. The lowest BCUT2D eigenvalue weighted by molar-refractivity contribution is -0.140. The van der Waals surface area contributed by atoms with E-state index in [4.69, 9.17) is 16.3 Å². The molecule has 5 nitrogen and oxygen atoms in total. The number of halogens is 1. The number of Topliss-reactive ketones (excluding diaryl/α,β-unsaturated/α-hetero) is 1. The van der Waals surface area contributed by atoms with E-state index in [0.717, 1.165) is 18.4 Å². The van der Waals surface area contributed by atoms with E-state index in [1.165, 1.54) is 4.90 Å². The summed E-state index contributed by atoms with van der Waals surface area (Å²) in [5, 5.41) is 11.5. The lowest BCUT2D eigenvalue weighted by Gasteiger charge is -2.27. The molecular formula is C23H22ClNO4. The molecule has 0 spiro atoms. The van der Waals surface area contributed by atoms with Gasteiger partial charge in [0.2, 0.25) is 0 Å². The zero-order valence-electron chi connectivity index (χ0n) is 16.1. The molecule has 1 N–H and O–H groups in total. The number of aliphatic hydroxyl groups excluding tert-OH is 1. The number of benzene rings is 2. The van der Waals surface area contributed by atoms with E-state index in [0.29, 0.717) is 29.3 Å². The van der Waals surface area contributed by atoms with Gasteiger partial charge >= 0.3 is 0 Å². The average molecular weight is 412 g/mol. The summed E-state index contributed by atoms with van der Waals surface area (Å²) < 4.78 is 5.69. The molecule has 0 aliphatic carbocycles. The fourth-order valence-corrected chi connectivity index (χ4v) is 4.16. The standard InChI is InChI=1S/C23H22ClNO4/c1-14-7-9-15(10-8-14)21(26)19-20(16-4-2-5-17(24)12-16)25(23(28)22(19)27)13-18-6-3-11-29-18/h2,4-5,7-10,12,18,20,26H,3,6,11,13H2,1H3/b21-19+. The number of aryl methyl sites for hydroxylation is 1. The molecule has 2 unspecified atom stereocenters. The molecule has 2 aliphatic heterocycles. The zero-order valence-corrected chi connectivity index (χ0v) is 16.9. The van der Waals surface area contributed by atoms with E-state index in [1.807, 2.05) is 25.1 Å². The number of aliphatic hydroxyl groups is 1. The number of rotatable bonds is 4. The maximum atomic E-state index is 13.0. The normalized spacial score (nSPS) is 23.7. The van der Waals surface area contributed by atoms with Crippen molar-refractivity contribution in [3.63, 3.8) is 0 Å². The number of likely N-dealkylation sites (tertiary alicyclic amines) is 1. The van der Waals surface area contributed by atoms with Crippen LogP contribution in [0.5, 0.6) is 0 Å². The molecule has 2 heterocycles. The van der Waals surface area contributed by atoms with Gasteiger partial charge in [0.25, 0.3) is 11.7 Å². The summed E-state index contributed by atoms with van der Waals surface area (Å²) >= 11 is 6.18. The fraction of sp³-hybridized carbons (Fsp3) is 0.304. The highest BCUT2D eigenvalue weighted by Gasteiger charge is 2.47. The second-order valence-corrected chi connectivity index (χ2v) is 7.94. The highest BCUT2D eigenvalue weighted by atomic mass is 35.5. The minimum absolute atomic E-state index is 0.0825. The summed E-state index contributed by atoms with van der Waals surface area (Å²) in [5.41, 5.74) is 2.30. The second kappa shape index (κ2) is 8.01. The van der Waals surface area contributed by atoms with Gasteiger partial charge in [0.1, 0.15) is 5.76 Å². The highest BCUT2D eigenvalue weighted by molar-refractivity contribution is 6.46. The Kier molecular flexibility index (Phi) is 5.43. The third kappa shape index (κ3) is 3.80. The van der Waals surface area contributed by atoms with Gasteiger partial charge in [0, 0.05) is 23.7 Å². The van der Waals surface area contributed by atoms with Crippen LogP contribution in [0.15, 0.2) is 54.1 Å². The number of ether oxygens (including phenoxy) is 1. The molecule has 0 saturated carbocycles. The number of hydrogen-bond donors (Lipinski definition) is 1. The van der Waals surface area contributed by atoms with Gasteiger partial charge in [0.05, 0.1) is 17.7 Å². The van der Waals surface area contributed by atoms with Gasteiger partial charge in [-0.25, -0.2) is 0 Å². The predicted molar refractivity (Wildman–Crippen MR) is 111 cm³/mol. The molecule has 6 heteroatoms. The number of ketones is 1. The van der Waals surface area contributed by atoms with Gasteiger partial charge < -0.3 is 14.7 Å². The fourth-order valence-electron chi connectivity index (χ4n) is 3.97. The van der Waals surface area contributed by atoms with Crippen LogP contribution in [0.3, 0.4) is 0 Å². The van der Waals surface area contributed by atoms with Gasteiger partial charge in [-0.05, 0) is 37.5 Å². The van der Waals surface area contributed by atoms with E-state index >= 15 is 0 Å². The third-order valence-electron chi connectivity index (χ3n) is 5.45. The van der Waals surface area contributed by atoms with Gasteiger partial charge in [-0.15, -0.1) is 0 Å². The Bertz CT molecular complexity index is 977. The highest BCUT2D eigenvalue weighted by Crippen LogP contribution is 2.40. The lowest BCUT2D eigenvalue weighted by Crippen LogP contribution is -2.36. The van der Waals surface area contributed by atoms with Crippen LogP contribution in [0.2, 0.25) is 5.02 Å². The number of amides is 1. The van der Waals surface area contributed by atoms with E-state index in [-0.39, 0.29) is 17.4 Å². The second-order valence-electron chi connectivity index (χ2n) is 7.51. The molecule has 0 aromatic heterocycles. The van der Waals surface area contributed by atoms with Crippen LogP contribution in [0, 0.1) is 6.92 Å². The van der Waals surface area contributed by atoms with Crippen LogP contribution in [0.1, 0.15) is 35.6 Å². The summed E-state index contributed by atoms with van der Waals surface area (Å²) in [5.74, 6) is -1.49. The van der Waals surface area contributed by atoms with Crippen molar-refractivity contribution >= 4 is 29.1 Å². The van der Waals surface area contributed by atoms with Crippen molar-refractivity contribution < 1.29 is 19.4 Å². The van der Waals surface area contributed by atoms with Crippen molar-refractivity contribution in [1.82, 2.24) is 4.90 Å². The zero-order chi connectivity index (χ0) is 20.5. The van der Waals surface area contributed by atoms with Gasteiger partial charge in [-0.1, -0.05) is 53.6 Å². The summed E-state index contributed by atoms with van der Waals surface area (Å²) in [7, 11) is 0. The van der Waals surface area contributed by atoms with E-state index in [1.54, 1.807) is 30.3 Å². The lowest BCUT2D eigenvalue weighted by atomic mass is 9.95.